The van der Waals surface area contributed by atoms with Crippen LogP contribution in [0, 0.1) is 6.92 Å². The minimum atomic E-state index is -0.124. The molecule has 2 heterocycles. The predicted molar refractivity (Wildman–Crippen MR) is 90.6 cm³/mol. The largest absolute Gasteiger partial charge is 0.486 e. The maximum atomic E-state index is 12.3. The number of aryl methyl sites for hydroxylation is 1. The lowest BCUT2D eigenvalue weighted by molar-refractivity contribution is -0.115. The lowest BCUT2D eigenvalue weighted by Crippen LogP contribution is -2.17. The van der Waals surface area contributed by atoms with E-state index in [0.717, 1.165) is 27.8 Å². The minimum Gasteiger partial charge on any atom is -0.486 e. The number of aromatic amines is 1. The van der Waals surface area contributed by atoms with Gasteiger partial charge in [0.1, 0.15) is 13.2 Å². The van der Waals surface area contributed by atoms with Gasteiger partial charge in [-0.1, -0.05) is 17.7 Å². The molecule has 1 aliphatic heterocycles. The van der Waals surface area contributed by atoms with E-state index in [1.54, 1.807) is 0 Å². The normalized spacial score (nSPS) is 13.0. The SMILES string of the molecule is Cc1ccc2[nH]nc(NC(=O)Cc3ccc4c(c3)OCCO4)c2c1. The molecule has 0 fully saturated rings. The van der Waals surface area contributed by atoms with Gasteiger partial charge in [-0.25, -0.2) is 0 Å². The Labute approximate surface area is 138 Å². The summed E-state index contributed by atoms with van der Waals surface area (Å²) in [6.45, 7) is 3.09. The summed E-state index contributed by atoms with van der Waals surface area (Å²) >= 11 is 0. The Bertz CT molecular complexity index is 917. The molecule has 2 aromatic carbocycles. The summed E-state index contributed by atoms with van der Waals surface area (Å²) in [5.41, 5.74) is 2.88. The van der Waals surface area contributed by atoms with Crippen molar-refractivity contribution in [3.05, 3.63) is 47.5 Å². The van der Waals surface area contributed by atoms with Gasteiger partial charge in [-0.2, -0.15) is 5.10 Å². The van der Waals surface area contributed by atoms with Gasteiger partial charge in [0, 0.05) is 5.39 Å². The highest BCUT2D eigenvalue weighted by molar-refractivity contribution is 6.00. The van der Waals surface area contributed by atoms with Crippen LogP contribution in [-0.4, -0.2) is 29.3 Å². The molecule has 24 heavy (non-hydrogen) atoms. The number of nitrogens with zero attached hydrogens (tertiary/aromatic N) is 1. The average Bonchev–Trinajstić information content (AvgIpc) is 2.97. The summed E-state index contributed by atoms with van der Waals surface area (Å²) in [5.74, 6) is 1.84. The van der Waals surface area contributed by atoms with Crippen LogP contribution in [0.15, 0.2) is 36.4 Å². The number of hydrogen-bond donors (Lipinski definition) is 2. The van der Waals surface area contributed by atoms with E-state index in [0.29, 0.717) is 24.8 Å². The van der Waals surface area contributed by atoms with Gasteiger partial charge in [-0.3, -0.25) is 9.89 Å². The third-order valence-corrected chi connectivity index (χ3v) is 3.95. The van der Waals surface area contributed by atoms with E-state index >= 15 is 0 Å². The molecule has 0 radical (unpaired) electrons. The zero-order chi connectivity index (χ0) is 16.5. The Kier molecular flexibility index (Phi) is 3.57. The second kappa shape index (κ2) is 5.88. The van der Waals surface area contributed by atoms with Crippen molar-refractivity contribution in [1.82, 2.24) is 10.2 Å². The first-order valence-electron chi connectivity index (χ1n) is 7.82. The minimum absolute atomic E-state index is 0.124. The fraction of sp³-hybridized carbons (Fsp3) is 0.222. The van der Waals surface area contributed by atoms with E-state index in [2.05, 4.69) is 15.5 Å². The molecular formula is C18H17N3O3. The number of carbonyl (C=O) groups is 1. The molecule has 0 aliphatic carbocycles. The monoisotopic (exact) mass is 323 g/mol. The van der Waals surface area contributed by atoms with E-state index < -0.39 is 0 Å². The second-order valence-electron chi connectivity index (χ2n) is 5.82. The molecule has 6 heteroatoms. The standard InChI is InChI=1S/C18H17N3O3/c1-11-2-4-14-13(8-11)18(21-20-14)19-17(22)10-12-3-5-15-16(9-12)24-7-6-23-15/h2-5,8-9H,6-7,10H2,1H3,(H2,19,20,21,22). The van der Waals surface area contributed by atoms with Crippen LogP contribution in [-0.2, 0) is 11.2 Å². The molecule has 1 aromatic heterocycles. The van der Waals surface area contributed by atoms with Gasteiger partial charge in [0.05, 0.1) is 11.9 Å². The number of amides is 1. The number of rotatable bonds is 3. The third kappa shape index (κ3) is 2.78. The van der Waals surface area contributed by atoms with Gasteiger partial charge in [0.25, 0.3) is 0 Å². The summed E-state index contributed by atoms with van der Waals surface area (Å²) in [7, 11) is 0. The molecule has 1 amide bonds. The van der Waals surface area contributed by atoms with Crippen LogP contribution in [0.4, 0.5) is 5.82 Å². The van der Waals surface area contributed by atoms with Crippen LogP contribution >= 0.6 is 0 Å². The molecule has 0 unspecified atom stereocenters. The van der Waals surface area contributed by atoms with Crippen molar-refractivity contribution in [2.45, 2.75) is 13.3 Å². The van der Waals surface area contributed by atoms with Crippen molar-refractivity contribution in [2.24, 2.45) is 0 Å². The van der Waals surface area contributed by atoms with Gasteiger partial charge in [-0.15, -0.1) is 0 Å². The maximum absolute atomic E-state index is 12.3. The second-order valence-corrected chi connectivity index (χ2v) is 5.82. The van der Waals surface area contributed by atoms with Gasteiger partial charge in [0.2, 0.25) is 5.91 Å². The zero-order valence-electron chi connectivity index (χ0n) is 13.3. The van der Waals surface area contributed by atoms with Gasteiger partial charge < -0.3 is 14.8 Å². The first-order valence-corrected chi connectivity index (χ1v) is 7.82. The molecular weight excluding hydrogens is 306 g/mol. The highest BCUT2D eigenvalue weighted by Crippen LogP contribution is 2.31. The van der Waals surface area contributed by atoms with E-state index in [1.165, 1.54) is 0 Å². The molecule has 1 aliphatic rings. The number of ether oxygens (including phenoxy) is 2. The molecule has 4 rings (SSSR count). The zero-order valence-corrected chi connectivity index (χ0v) is 13.3. The lowest BCUT2D eigenvalue weighted by Gasteiger charge is -2.18. The number of benzene rings is 2. The first kappa shape index (κ1) is 14.6. The Morgan fingerprint density at radius 1 is 1.17 bits per heavy atom. The van der Waals surface area contributed by atoms with Crippen molar-refractivity contribution < 1.29 is 14.3 Å². The van der Waals surface area contributed by atoms with Crippen LogP contribution in [0.1, 0.15) is 11.1 Å². The van der Waals surface area contributed by atoms with Crippen molar-refractivity contribution >= 4 is 22.6 Å². The third-order valence-electron chi connectivity index (χ3n) is 3.95. The topological polar surface area (TPSA) is 76.2 Å². The molecule has 0 bridgehead atoms. The van der Waals surface area contributed by atoms with Crippen LogP contribution in [0.25, 0.3) is 10.9 Å². The van der Waals surface area contributed by atoms with E-state index in [4.69, 9.17) is 9.47 Å². The molecule has 2 N–H and O–H groups in total. The summed E-state index contributed by atoms with van der Waals surface area (Å²) in [4.78, 5) is 12.3. The van der Waals surface area contributed by atoms with Gasteiger partial charge >= 0.3 is 0 Å². The van der Waals surface area contributed by atoms with Crippen LogP contribution in [0.3, 0.4) is 0 Å². The predicted octanol–water partition coefficient (Wildman–Crippen LogP) is 2.82. The summed E-state index contributed by atoms with van der Waals surface area (Å²) < 4.78 is 11.0. The maximum Gasteiger partial charge on any atom is 0.230 e. The number of H-pyrrole nitrogens is 1. The molecule has 0 spiro atoms. The number of nitrogens with one attached hydrogen (secondary N) is 2. The quantitative estimate of drug-likeness (QED) is 0.777. The van der Waals surface area contributed by atoms with E-state index in [1.807, 2.05) is 43.3 Å². The molecule has 3 aromatic rings. The Balaban J connectivity index is 1.51. The van der Waals surface area contributed by atoms with Crippen molar-refractivity contribution in [3.8, 4) is 11.5 Å². The Morgan fingerprint density at radius 2 is 2.00 bits per heavy atom. The fourth-order valence-electron chi connectivity index (χ4n) is 2.78. The number of anilines is 1. The average molecular weight is 323 g/mol. The van der Waals surface area contributed by atoms with Crippen molar-refractivity contribution in [3.63, 3.8) is 0 Å². The molecule has 122 valence electrons. The number of carbonyl (C=O) groups excluding carboxylic acids is 1. The van der Waals surface area contributed by atoms with Crippen LogP contribution in [0.2, 0.25) is 0 Å². The van der Waals surface area contributed by atoms with Crippen LogP contribution in [0.5, 0.6) is 11.5 Å². The van der Waals surface area contributed by atoms with E-state index in [9.17, 15) is 4.79 Å². The van der Waals surface area contributed by atoms with Gasteiger partial charge in [-0.05, 0) is 36.8 Å². The summed E-state index contributed by atoms with van der Waals surface area (Å²) in [6, 6.07) is 11.5. The Morgan fingerprint density at radius 3 is 2.88 bits per heavy atom. The smallest absolute Gasteiger partial charge is 0.230 e. The molecule has 6 nitrogen and oxygen atoms in total. The van der Waals surface area contributed by atoms with E-state index in [-0.39, 0.29) is 12.3 Å². The number of hydrogen-bond acceptors (Lipinski definition) is 4. The molecule has 0 atom stereocenters. The van der Waals surface area contributed by atoms with Crippen molar-refractivity contribution in [2.75, 3.05) is 18.5 Å². The summed E-state index contributed by atoms with van der Waals surface area (Å²) in [5, 5.41) is 10.9. The number of aromatic nitrogens is 2. The summed E-state index contributed by atoms with van der Waals surface area (Å²) in [6.07, 6.45) is 0.247. The number of fused-ring (bicyclic) bond motifs is 2. The molecule has 0 saturated heterocycles. The highest BCUT2D eigenvalue weighted by atomic mass is 16.6. The highest BCUT2D eigenvalue weighted by Gasteiger charge is 2.14. The van der Waals surface area contributed by atoms with Crippen molar-refractivity contribution in [1.29, 1.82) is 0 Å². The molecule has 0 saturated carbocycles. The van der Waals surface area contributed by atoms with Gasteiger partial charge in [0.15, 0.2) is 17.3 Å². The lowest BCUT2D eigenvalue weighted by atomic mass is 10.1. The Hall–Kier alpha value is -3.02. The van der Waals surface area contributed by atoms with Crippen LogP contribution < -0.4 is 14.8 Å². The first-order chi connectivity index (χ1) is 11.7. The fourth-order valence-corrected chi connectivity index (χ4v) is 2.78.